The third-order valence-corrected chi connectivity index (χ3v) is 5.23. The van der Waals surface area contributed by atoms with Gasteiger partial charge in [0.15, 0.2) is 0 Å². The Balaban J connectivity index is 2.03. The summed E-state index contributed by atoms with van der Waals surface area (Å²) >= 11 is 2.08. The van der Waals surface area contributed by atoms with Crippen molar-refractivity contribution in [2.24, 2.45) is 0 Å². The first-order valence-corrected chi connectivity index (χ1v) is 9.32. The zero-order valence-electron chi connectivity index (χ0n) is 13.9. The van der Waals surface area contributed by atoms with Crippen molar-refractivity contribution in [3.63, 3.8) is 0 Å². The molecule has 0 bridgehead atoms. The van der Waals surface area contributed by atoms with Crippen LogP contribution in [0.4, 0.5) is 0 Å². The first-order chi connectivity index (χ1) is 10.1. The zero-order chi connectivity index (χ0) is 15.2. The van der Waals surface area contributed by atoms with E-state index < -0.39 is 0 Å². The summed E-state index contributed by atoms with van der Waals surface area (Å²) in [6, 6.07) is 3.72. The number of aromatic nitrogens is 2. The summed E-state index contributed by atoms with van der Waals surface area (Å²) in [5.41, 5.74) is 1.21. The van der Waals surface area contributed by atoms with Gasteiger partial charge >= 0.3 is 0 Å². The second kappa shape index (κ2) is 8.20. The molecule has 0 radical (unpaired) electrons. The summed E-state index contributed by atoms with van der Waals surface area (Å²) in [5.74, 6) is 2.48. The summed E-state index contributed by atoms with van der Waals surface area (Å²) in [6.07, 6.45) is 4.31. The van der Waals surface area contributed by atoms with Crippen molar-refractivity contribution >= 4 is 11.8 Å². The lowest BCUT2D eigenvalue weighted by molar-refractivity contribution is 0.212. The number of hydrogen-bond donors (Lipinski definition) is 1. The van der Waals surface area contributed by atoms with E-state index in [4.69, 9.17) is 5.10 Å². The van der Waals surface area contributed by atoms with E-state index in [2.05, 4.69) is 66.7 Å². The predicted octanol–water partition coefficient (Wildman–Crippen LogP) is 2.42. The maximum Gasteiger partial charge on any atom is 0.0640 e. The number of nitrogens with one attached hydrogen (secondary N) is 1. The molecule has 1 aliphatic heterocycles. The fourth-order valence-electron chi connectivity index (χ4n) is 2.80. The Labute approximate surface area is 133 Å². The highest BCUT2D eigenvalue weighted by Gasteiger charge is 2.28. The summed E-state index contributed by atoms with van der Waals surface area (Å²) in [4.78, 5) is 2.52. The van der Waals surface area contributed by atoms with Gasteiger partial charge in [0.25, 0.3) is 0 Å². The largest absolute Gasteiger partial charge is 0.312 e. The van der Waals surface area contributed by atoms with Gasteiger partial charge in [0.05, 0.1) is 5.69 Å². The molecule has 1 saturated heterocycles. The SMILES string of the molecule is CCCNC(Cc1ccn(C(C)C)n1)C1CSCCN1C. The molecule has 0 aromatic carbocycles. The van der Waals surface area contributed by atoms with Crippen molar-refractivity contribution in [1.29, 1.82) is 0 Å². The van der Waals surface area contributed by atoms with Gasteiger partial charge in [-0.3, -0.25) is 4.68 Å². The third kappa shape index (κ3) is 4.73. The van der Waals surface area contributed by atoms with Gasteiger partial charge in [-0.05, 0) is 39.9 Å². The second-order valence-electron chi connectivity index (χ2n) is 6.27. The Morgan fingerprint density at radius 3 is 2.90 bits per heavy atom. The van der Waals surface area contributed by atoms with Gasteiger partial charge in [-0.2, -0.15) is 16.9 Å². The van der Waals surface area contributed by atoms with Gasteiger partial charge in [0.1, 0.15) is 0 Å². The van der Waals surface area contributed by atoms with Crippen LogP contribution in [0.1, 0.15) is 38.9 Å². The molecule has 0 spiro atoms. The van der Waals surface area contributed by atoms with Gasteiger partial charge in [0.2, 0.25) is 0 Å². The van der Waals surface area contributed by atoms with Gasteiger partial charge < -0.3 is 10.2 Å². The van der Waals surface area contributed by atoms with Gasteiger partial charge in [-0.1, -0.05) is 6.92 Å². The van der Waals surface area contributed by atoms with Crippen molar-refractivity contribution < 1.29 is 0 Å². The lowest BCUT2D eigenvalue weighted by Gasteiger charge is -2.38. The van der Waals surface area contributed by atoms with E-state index >= 15 is 0 Å². The molecular formula is C16H30N4S. The number of hydrogen-bond acceptors (Lipinski definition) is 4. The number of nitrogens with zero attached hydrogens (tertiary/aromatic N) is 3. The highest BCUT2D eigenvalue weighted by atomic mass is 32.2. The summed E-state index contributed by atoms with van der Waals surface area (Å²) in [7, 11) is 2.26. The molecule has 1 aliphatic rings. The van der Waals surface area contributed by atoms with Crippen LogP contribution in [0, 0.1) is 0 Å². The van der Waals surface area contributed by atoms with E-state index in [9.17, 15) is 0 Å². The van der Waals surface area contributed by atoms with Crippen molar-refractivity contribution in [3.8, 4) is 0 Å². The topological polar surface area (TPSA) is 33.1 Å². The van der Waals surface area contributed by atoms with E-state index in [0.29, 0.717) is 18.1 Å². The zero-order valence-corrected chi connectivity index (χ0v) is 14.7. The highest BCUT2D eigenvalue weighted by molar-refractivity contribution is 7.99. The summed E-state index contributed by atoms with van der Waals surface area (Å²) in [5, 5.41) is 8.48. The Morgan fingerprint density at radius 2 is 2.29 bits per heavy atom. The predicted molar refractivity (Wildman–Crippen MR) is 92.1 cm³/mol. The van der Waals surface area contributed by atoms with Crippen molar-refractivity contribution in [1.82, 2.24) is 20.0 Å². The molecule has 2 heterocycles. The van der Waals surface area contributed by atoms with Crippen LogP contribution in [0.2, 0.25) is 0 Å². The molecule has 1 fully saturated rings. The monoisotopic (exact) mass is 310 g/mol. The summed E-state index contributed by atoms with van der Waals surface area (Å²) in [6.45, 7) is 8.87. The van der Waals surface area contributed by atoms with Crippen LogP contribution in [-0.2, 0) is 6.42 Å². The minimum absolute atomic E-state index is 0.439. The molecular weight excluding hydrogens is 280 g/mol. The van der Waals surface area contributed by atoms with E-state index in [0.717, 1.165) is 13.0 Å². The van der Waals surface area contributed by atoms with Crippen LogP contribution in [0.15, 0.2) is 12.3 Å². The maximum absolute atomic E-state index is 4.73. The minimum atomic E-state index is 0.439. The molecule has 0 amide bonds. The smallest absolute Gasteiger partial charge is 0.0640 e. The maximum atomic E-state index is 4.73. The molecule has 1 aromatic rings. The van der Waals surface area contributed by atoms with E-state index in [1.807, 2.05) is 0 Å². The van der Waals surface area contributed by atoms with Gasteiger partial charge in [0, 0.05) is 48.8 Å². The van der Waals surface area contributed by atoms with Gasteiger partial charge in [-0.15, -0.1) is 0 Å². The average molecular weight is 311 g/mol. The first-order valence-electron chi connectivity index (χ1n) is 8.17. The number of thioether (sulfide) groups is 1. The molecule has 1 N–H and O–H groups in total. The minimum Gasteiger partial charge on any atom is -0.312 e. The molecule has 2 atom stereocenters. The second-order valence-corrected chi connectivity index (χ2v) is 7.42. The Kier molecular flexibility index (Phi) is 6.58. The summed E-state index contributed by atoms with van der Waals surface area (Å²) < 4.78 is 2.06. The Hall–Kier alpha value is -0.520. The lowest BCUT2D eigenvalue weighted by atomic mass is 10.0. The molecule has 0 aliphatic carbocycles. The average Bonchev–Trinajstić information content (AvgIpc) is 2.93. The van der Waals surface area contributed by atoms with Crippen LogP contribution in [0.3, 0.4) is 0 Å². The Bertz CT molecular complexity index is 418. The molecule has 1 aromatic heterocycles. The van der Waals surface area contributed by atoms with Crippen LogP contribution in [0.5, 0.6) is 0 Å². The number of rotatable bonds is 7. The van der Waals surface area contributed by atoms with Crippen LogP contribution in [-0.4, -0.2) is 58.4 Å². The molecule has 5 heteroatoms. The fraction of sp³-hybridized carbons (Fsp3) is 0.812. The number of likely N-dealkylation sites (N-methyl/N-ethyl adjacent to an activating group) is 1. The van der Waals surface area contributed by atoms with Crippen LogP contribution >= 0.6 is 11.8 Å². The van der Waals surface area contributed by atoms with E-state index in [1.54, 1.807) is 0 Å². The molecule has 2 rings (SSSR count). The van der Waals surface area contributed by atoms with Crippen LogP contribution < -0.4 is 5.32 Å². The first kappa shape index (κ1) is 16.8. The molecule has 120 valence electrons. The van der Waals surface area contributed by atoms with Crippen LogP contribution in [0.25, 0.3) is 0 Å². The van der Waals surface area contributed by atoms with Gasteiger partial charge in [-0.25, -0.2) is 0 Å². The van der Waals surface area contributed by atoms with E-state index in [1.165, 1.54) is 30.2 Å². The highest BCUT2D eigenvalue weighted by Crippen LogP contribution is 2.19. The molecule has 0 saturated carbocycles. The van der Waals surface area contributed by atoms with Crippen molar-refractivity contribution in [3.05, 3.63) is 18.0 Å². The Morgan fingerprint density at radius 1 is 1.48 bits per heavy atom. The standard InChI is InChI=1S/C16H30N4S/c1-5-7-17-15(16-12-21-10-9-19(16)4)11-14-6-8-20(18-14)13(2)3/h6,8,13,15-17H,5,7,9-12H2,1-4H3. The normalized spacial score (nSPS) is 21.9. The quantitative estimate of drug-likeness (QED) is 0.838. The van der Waals surface area contributed by atoms with Crippen molar-refractivity contribution in [2.45, 2.75) is 51.7 Å². The molecule has 21 heavy (non-hydrogen) atoms. The lowest BCUT2D eigenvalue weighted by Crippen LogP contribution is -2.53. The third-order valence-electron chi connectivity index (χ3n) is 4.19. The molecule has 2 unspecified atom stereocenters. The molecule has 4 nitrogen and oxygen atoms in total. The fourth-order valence-corrected chi connectivity index (χ4v) is 4.11. The van der Waals surface area contributed by atoms with E-state index in [-0.39, 0.29) is 0 Å². The van der Waals surface area contributed by atoms with Crippen molar-refractivity contribution in [2.75, 3.05) is 31.6 Å².